The highest BCUT2D eigenvalue weighted by molar-refractivity contribution is 6.30. The van der Waals surface area contributed by atoms with Gasteiger partial charge in [0, 0.05) is 16.3 Å². The van der Waals surface area contributed by atoms with Crippen LogP contribution >= 0.6 is 11.6 Å². The molecule has 10 heteroatoms. The van der Waals surface area contributed by atoms with Crippen LogP contribution < -0.4 is 15.5 Å². The number of urea groups is 1. The molecule has 40 heavy (non-hydrogen) atoms. The smallest absolute Gasteiger partial charge is 0.322 e. The zero-order chi connectivity index (χ0) is 27.9. The molecule has 1 aliphatic rings. The van der Waals surface area contributed by atoms with Gasteiger partial charge in [-0.3, -0.25) is 15.0 Å². The molecule has 0 bridgehead atoms. The number of hydrogen-bond acceptors (Lipinski definition) is 5. The summed E-state index contributed by atoms with van der Waals surface area (Å²) >= 11 is 6.04. The molecular weight excluding hydrogens is 526 g/mol. The number of carbonyl (C=O) groups excluding carboxylic acids is 2. The summed E-state index contributed by atoms with van der Waals surface area (Å²) < 4.78 is 0. The second-order valence-corrected chi connectivity index (χ2v) is 10.2. The average Bonchev–Trinajstić information content (AvgIpc) is 3.50. The molecule has 204 valence electrons. The maximum absolute atomic E-state index is 13.6. The van der Waals surface area contributed by atoms with Crippen LogP contribution in [0.15, 0.2) is 78.9 Å². The zero-order valence-corrected chi connectivity index (χ0v) is 22.9. The Hall–Kier alpha value is -4.50. The lowest BCUT2D eigenvalue weighted by Crippen LogP contribution is -2.40. The third kappa shape index (κ3) is 6.73. The molecule has 3 N–H and O–H groups in total. The zero-order valence-electron chi connectivity index (χ0n) is 22.1. The first-order valence-electron chi connectivity index (χ1n) is 13.2. The summed E-state index contributed by atoms with van der Waals surface area (Å²) in [5.41, 5.74) is 5.58. The molecule has 4 aromatic rings. The van der Waals surface area contributed by atoms with Crippen molar-refractivity contribution in [2.24, 2.45) is 0 Å². The van der Waals surface area contributed by atoms with Crippen molar-refractivity contribution in [3.05, 3.63) is 106 Å². The van der Waals surface area contributed by atoms with Gasteiger partial charge in [0.15, 0.2) is 0 Å². The number of nitrogens with zero attached hydrogens (tertiary/aromatic N) is 4. The molecule has 0 saturated carbocycles. The number of hydrogen-bond donors (Lipinski definition) is 3. The van der Waals surface area contributed by atoms with E-state index in [1.807, 2.05) is 55.5 Å². The lowest BCUT2D eigenvalue weighted by molar-refractivity contribution is 0.102. The quantitative estimate of drug-likeness (QED) is 0.228. The average molecular weight is 556 g/mol. The minimum absolute atomic E-state index is 0.0965. The fraction of sp³-hybridized carbons (Fsp3) is 0.233. The van der Waals surface area contributed by atoms with Crippen molar-refractivity contribution >= 4 is 40.7 Å². The normalized spacial score (nSPS) is 13.7. The molecule has 1 unspecified atom stereocenters. The van der Waals surface area contributed by atoms with Crippen LogP contribution in [0.5, 0.6) is 0 Å². The molecule has 0 spiro atoms. The first-order chi connectivity index (χ1) is 19.5. The standard InChI is InChI=1S/C30H30ClN7O2/c1-20(22-11-15-26(31)16-12-22)32-30(40)38(27-17-13-24(14-18-27)23-5-3-2-4-6-23)19-21-7-9-25(10-8-21)28(39)33-29-34-36-37-35-29/h5,7-18,20H,2-4,6,19H2,1H3,(H,32,40)(H2,33,34,35,36,37,39). The second kappa shape index (κ2) is 12.6. The Balaban J connectivity index is 1.35. The number of rotatable bonds is 8. The van der Waals surface area contributed by atoms with Gasteiger partial charge < -0.3 is 5.32 Å². The summed E-state index contributed by atoms with van der Waals surface area (Å²) in [7, 11) is 0. The van der Waals surface area contributed by atoms with Gasteiger partial charge in [-0.2, -0.15) is 5.21 Å². The van der Waals surface area contributed by atoms with E-state index in [9.17, 15) is 9.59 Å². The SMILES string of the molecule is CC(NC(=O)N(Cc1ccc(C(=O)Nc2nn[nH]n2)cc1)c1ccc(C2=CCCCC2)cc1)c1ccc(Cl)cc1. The van der Waals surface area contributed by atoms with Gasteiger partial charge in [0.05, 0.1) is 12.6 Å². The van der Waals surface area contributed by atoms with Crippen molar-refractivity contribution in [1.29, 1.82) is 0 Å². The Labute approximate surface area is 237 Å². The van der Waals surface area contributed by atoms with Gasteiger partial charge in [-0.1, -0.05) is 59.2 Å². The van der Waals surface area contributed by atoms with Crippen molar-refractivity contribution in [3.8, 4) is 0 Å². The molecule has 0 fully saturated rings. The number of H-pyrrole nitrogens is 1. The Morgan fingerprint density at radius 2 is 1.75 bits per heavy atom. The number of tetrazole rings is 1. The summed E-state index contributed by atoms with van der Waals surface area (Å²) in [5, 5.41) is 19.5. The van der Waals surface area contributed by atoms with Crippen molar-refractivity contribution in [3.63, 3.8) is 0 Å². The Morgan fingerprint density at radius 3 is 2.40 bits per heavy atom. The summed E-state index contributed by atoms with van der Waals surface area (Å²) in [6, 6.07) is 22.2. The van der Waals surface area contributed by atoms with Crippen LogP contribution in [-0.2, 0) is 6.54 Å². The van der Waals surface area contributed by atoms with E-state index in [-0.39, 0.29) is 23.9 Å². The molecule has 0 aliphatic heterocycles. The third-order valence-corrected chi connectivity index (χ3v) is 7.18. The van der Waals surface area contributed by atoms with Crippen molar-refractivity contribution < 1.29 is 9.59 Å². The third-order valence-electron chi connectivity index (χ3n) is 6.92. The largest absolute Gasteiger partial charge is 0.331 e. The number of halogens is 1. The van der Waals surface area contributed by atoms with Crippen molar-refractivity contribution in [2.45, 2.75) is 45.2 Å². The van der Waals surface area contributed by atoms with Crippen molar-refractivity contribution in [2.75, 3.05) is 10.2 Å². The predicted molar refractivity (Wildman–Crippen MR) is 156 cm³/mol. The van der Waals surface area contributed by atoms with E-state index in [4.69, 9.17) is 11.6 Å². The molecule has 1 aromatic heterocycles. The topological polar surface area (TPSA) is 116 Å². The van der Waals surface area contributed by atoms with E-state index in [2.05, 4.69) is 49.5 Å². The molecule has 9 nitrogen and oxygen atoms in total. The van der Waals surface area contributed by atoms with Gasteiger partial charge >= 0.3 is 6.03 Å². The van der Waals surface area contributed by atoms with Crippen LogP contribution in [0, 0.1) is 0 Å². The molecule has 1 aliphatic carbocycles. The number of aromatic amines is 1. The minimum Gasteiger partial charge on any atom is -0.331 e. The summed E-state index contributed by atoms with van der Waals surface area (Å²) in [4.78, 5) is 27.8. The minimum atomic E-state index is -0.355. The number of aromatic nitrogens is 4. The fourth-order valence-corrected chi connectivity index (χ4v) is 4.79. The first kappa shape index (κ1) is 27.1. The monoisotopic (exact) mass is 555 g/mol. The highest BCUT2D eigenvalue weighted by Crippen LogP contribution is 2.29. The molecule has 0 saturated heterocycles. The molecule has 1 heterocycles. The first-order valence-corrected chi connectivity index (χ1v) is 13.6. The number of allylic oxidation sites excluding steroid dienone is 2. The Kier molecular flexibility index (Phi) is 8.51. The van der Waals surface area contributed by atoms with Gasteiger partial charge in [0.2, 0.25) is 0 Å². The predicted octanol–water partition coefficient (Wildman–Crippen LogP) is 6.54. The van der Waals surface area contributed by atoms with Crippen LogP contribution in [-0.4, -0.2) is 32.6 Å². The van der Waals surface area contributed by atoms with Gasteiger partial charge in [-0.15, -0.1) is 5.10 Å². The molecular formula is C30H30ClN7O2. The van der Waals surface area contributed by atoms with Gasteiger partial charge in [-0.25, -0.2) is 4.79 Å². The van der Waals surface area contributed by atoms with Gasteiger partial charge in [0.25, 0.3) is 11.9 Å². The summed E-state index contributed by atoms with van der Waals surface area (Å²) in [6.07, 6.45) is 6.94. The molecule has 3 aromatic carbocycles. The van der Waals surface area contributed by atoms with Crippen LogP contribution in [0.1, 0.15) is 65.7 Å². The number of amides is 3. The highest BCUT2D eigenvalue weighted by atomic mass is 35.5. The van der Waals surface area contributed by atoms with Crippen LogP contribution in [0.25, 0.3) is 5.57 Å². The van der Waals surface area contributed by atoms with Crippen LogP contribution in [0.3, 0.4) is 0 Å². The number of benzene rings is 3. The van der Waals surface area contributed by atoms with Gasteiger partial charge in [-0.05, 0) is 96.5 Å². The number of anilines is 2. The van der Waals surface area contributed by atoms with E-state index < -0.39 is 0 Å². The fourth-order valence-electron chi connectivity index (χ4n) is 4.67. The van der Waals surface area contributed by atoms with E-state index >= 15 is 0 Å². The van der Waals surface area contributed by atoms with E-state index in [1.165, 1.54) is 24.0 Å². The Morgan fingerprint density at radius 1 is 1.00 bits per heavy atom. The second-order valence-electron chi connectivity index (χ2n) is 9.72. The summed E-state index contributed by atoms with van der Waals surface area (Å²) in [6.45, 7) is 2.25. The summed E-state index contributed by atoms with van der Waals surface area (Å²) in [5.74, 6) is -0.258. The van der Waals surface area contributed by atoms with E-state index in [0.717, 1.165) is 29.7 Å². The highest BCUT2D eigenvalue weighted by Gasteiger charge is 2.20. The molecule has 0 radical (unpaired) electrons. The van der Waals surface area contributed by atoms with Crippen molar-refractivity contribution in [1.82, 2.24) is 25.9 Å². The van der Waals surface area contributed by atoms with Crippen LogP contribution in [0.2, 0.25) is 5.02 Å². The number of carbonyl (C=O) groups is 2. The maximum Gasteiger partial charge on any atom is 0.322 e. The molecule has 5 rings (SSSR count). The van der Waals surface area contributed by atoms with E-state index in [1.54, 1.807) is 17.0 Å². The lowest BCUT2D eigenvalue weighted by atomic mass is 9.93. The van der Waals surface area contributed by atoms with Gasteiger partial charge in [0.1, 0.15) is 0 Å². The number of nitrogens with one attached hydrogen (secondary N) is 3. The lowest BCUT2D eigenvalue weighted by Gasteiger charge is -2.26. The van der Waals surface area contributed by atoms with Crippen LogP contribution in [0.4, 0.5) is 16.4 Å². The van der Waals surface area contributed by atoms with E-state index in [0.29, 0.717) is 17.1 Å². The maximum atomic E-state index is 13.6. The molecule has 1 atom stereocenters. The molecule has 3 amide bonds. The Bertz CT molecular complexity index is 1470.